The van der Waals surface area contributed by atoms with E-state index >= 15 is 0 Å². The number of hydrogen-bond donors (Lipinski definition) is 1. The molecule has 0 bridgehead atoms. The molecule has 0 aromatic rings. The summed E-state index contributed by atoms with van der Waals surface area (Å²) in [5.41, 5.74) is 4.18. The van der Waals surface area contributed by atoms with Crippen LogP contribution >= 0.6 is 0 Å². The molecule has 1 atom stereocenters. The van der Waals surface area contributed by atoms with Crippen LogP contribution in [0.25, 0.3) is 0 Å². The van der Waals surface area contributed by atoms with Gasteiger partial charge in [0.15, 0.2) is 0 Å². The van der Waals surface area contributed by atoms with Gasteiger partial charge in [0.2, 0.25) is 0 Å². The molecule has 0 amide bonds. The highest BCUT2D eigenvalue weighted by molar-refractivity contribution is 7.93. The van der Waals surface area contributed by atoms with Crippen molar-refractivity contribution in [3.63, 3.8) is 0 Å². The monoisotopic (exact) mass is 425 g/mol. The van der Waals surface area contributed by atoms with Crippen LogP contribution in [0.15, 0.2) is 12.2 Å². The van der Waals surface area contributed by atoms with Gasteiger partial charge in [-0.15, -0.1) is 0 Å². The number of hydrogen-bond acceptors (Lipinski definition) is 5. The van der Waals surface area contributed by atoms with Gasteiger partial charge >= 0.3 is 29.2 Å². The number of nitrogens with two attached hydrogens (primary N) is 1. The van der Waals surface area contributed by atoms with Crippen LogP contribution in [0.2, 0.25) is 0 Å². The molecule has 0 radical (unpaired) electrons. The van der Waals surface area contributed by atoms with Gasteiger partial charge in [-0.2, -0.15) is 39.5 Å². The Morgan fingerprint density at radius 2 is 1.38 bits per heavy atom. The van der Waals surface area contributed by atoms with E-state index in [-0.39, 0.29) is 0 Å². The summed E-state index contributed by atoms with van der Waals surface area (Å²) >= 11 is 0. The van der Waals surface area contributed by atoms with E-state index in [2.05, 4.69) is 11.3 Å². The topological polar surface area (TPSA) is 86.5 Å². The molecule has 0 saturated carbocycles. The summed E-state index contributed by atoms with van der Waals surface area (Å²) < 4.78 is 143. The second-order valence-corrected chi connectivity index (χ2v) is 7.21. The summed E-state index contributed by atoms with van der Waals surface area (Å²) in [4.78, 5) is 11.3. The number of ether oxygens (including phenoxy) is 1. The normalized spacial score (nSPS) is 16.8. The van der Waals surface area contributed by atoms with Gasteiger partial charge < -0.3 is 4.74 Å². The minimum atomic E-state index is -7.48. The van der Waals surface area contributed by atoms with E-state index in [4.69, 9.17) is 5.73 Å². The van der Waals surface area contributed by atoms with Crippen LogP contribution in [0.3, 0.4) is 0 Å². The van der Waals surface area contributed by atoms with E-state index in [0.717, 1.165) is 6.92 Å². The van der Waals surface area contributed by atoms with Crippen LogP contribution in [0.5, 0.6) is 0 Å². The molecule has 0 fully saturated rings. The zero-order valence-corrected chi connectivity index (χ0v) is 13.8. The third-order valence-electron chi connectivity index (χ3n) is 3.01. The average molecular weight is 425 g/mol. The Labute approximate surface area is 140 Å². The molecule has 154 valence electrons. The molecule has 5 nitrogen and oxygen atoms in total. The SMILES string of the molecule is C=C(C)C(=O)OC(N)(CC)S(=O)(=O)C(F)(F)C(F)(F)C(F)(F)C(F)(F)F. The summed E-state index contributed by atoms with van der Waals surface area (Å²) in [6, 6.07) is 0. The van der Waals surface area contributed by atoms with E-state index in [1.54, 1.807) is 0 Å². The third kappa shape index (κ3) is 3.37. The molecule has 1 unspecified atom stereocenters. The first kappa shape index (κ1) is 24.5. The first-order valence-corrected chi connectivity index (χ1v) is 7.74. The van der Waals surface area contributed by atoms with Crippen LogP contribution in [0, 0.1) is 0 Å². The van der Waals surface area contributed by atoms with E-state index < -0.39 is 56.1 Å². The quantitative estimate of drug-likeness (QED) is 0.293. The van der Waals surface area contributed by atoms with Crippen LogP contribution in [0.4, 0.5) is 39.5 Å². The largest absolute Gasteiger partial charge is 0.460 e. The Morgan fingerprint density at radius 3 is 1.65 bits per heavy atom. The lowest BCUT2D eigenvalue weighted by atomic mass is 10.1. The van der Waals surface area contributed by atoms with E-state index in [9.17, 15) is 52.7 Å². The molecule has 0 aliphatic carbocycles. The maximum absolute atomic E-state index is 13.7. The second kappa shape index (κ2) is 6.58. The van der Waals surface area contributed by atoms with Gasteiger partial charge in [0.1, 0.15) is 0 Å². The molecular formula is C11H12F9NO4S. The van der Waals surface area contributed by atoms with Crippen LogP contribution in [-0.2, 0) is 19.4 Å². The van der Waals surface area contributed by atoms with E-state index in [1.165, 1.54) is 0 Å². The minimum Gasteiger partial charge on any atom is -0.426 e. The van der Waals surface area contributed by atoms with Crippen molar-refractivity contribution in [3.05, 3.63) is 12.2 Å². The molecule has 0 spiro atoms. The molecule has 2 N–H and O–H groups in total. The molecule has 0 saturated heterocycles. The molecule has 26 heavy (non-hydrogen) atoms. The average Bonchev–Trinajstić information content (AvgIpc) is 2.44. The number of halogens is 9. The smallest absolute Gasteiger partial charge is 0.426 e. The fourth-order valence-electron chi connectivity index (χ4n) is 1.31. The van der Waals surface area contributed by atoms with E-state index in [1.807, 2.05) is 0 Å². The van der Waals surface area contributed by atoms with Crippen LogP contribution < -0.4 is 5.73 Å². The highest BCUT2D eigenvalue weighted by Crippen LogP contribution is 2.56. The standard InChI is InChI=1S/C11H12F9NO4S/c1-4-7(21,25-6(22)5(2)3)26(23,24)11(19,20)9(14,15)8(12,13)10(16,17)18/h2,4,21H2,1,3H3. The van der Waals surface area contributed by atoms with E-state index in [0.29, 0.717) is 6.92 Å². The Bertz CT molecular complexity index is 686. The van der Waals surface area contributed by atoms with Crippen molar-refractivity contribution in [2.24, 2.45) is 5.73 Å². The van der Waals surface area contributed by atoms with Gasteiger partial charge in [-0.3, -0.25) is 5.73 Å². The molecule has 0 aliphatic rings. The predicted octanol–water partition coefficient (Wildman–Crippen LogP) is 2.97. The molecule has 0 heterocycles. The van der Waals surface area contributed by atoms with Gasteiger partial charge in [0.05, 0.1) is 0 Å². The third-order valence-corrected chi connectivity index (χ3v) is 5.23. The number of carbonyl (C=O) groups excluding carboxylic acids is 1. The van der Waals surface area contributed by atoms with Crippen molar-refractivity contribution >= 4 is 15.8 Å². The second-order valence-electron chi connectivity index (χ2n) is 5.00. The zero-order valence-electron chi connectivity index (χ0n) is 12.9. The van der Waals surface area contributed by atoms with Crippen molar-refractivity contribution in [2.45, 2.75) is 48.6 Å². The van der Waals surface area contributed by atoms with Crippen molar-refractivity contribution in [1.29, 1.82) is 0 Å². The molecule has 0 aliphatic heterocycles. The van der Waals surface area contributed by atoms with Gasteiger partial charge in [-0.1, -0.05) is 13.5 Å². The number of sulfone groups is 1. The molecule has 15 heteroatoms. The highest BCUT2D eigenvalue weighted by atomic mass is 32.2. The Balaban J connectivity index is 6.48. The maximum Gasteiger partial charge on any atom is 0.460 e. The van der Waals surface area contributed by atoms with Crippen molar-refractivity contribution < 1.29 is 57.5 Å². The van der Waals surface area contributed by atoms with Crippen molar-refractivity contribution in [2.75, 3.05) is 0 Å². The van der Waals surface area contributed by atoms with Crippen molar-refractivity contribution in [1.82, 2.24) is 0 Å². The summed E-state index contributed by atoms with van der Waals surface area (Å²) in [5, 5.41) is -11.1. The Morgan fingerprint density at radius 1 is 1.00 bits per heavy atom. The predicted molar refractivity (Wildman–Crippen MR) is 67.9 cm³/mol. The van der Waals surface area contributed by atoms with Crippen LogP contribution in [0.1, 0.15) is 20.3 Å². The molecule has 0 aromatic heterocycles. The fourth-order valence-corrected chi connectivity index (χ4v) is 2.77. The van der Waals surface area contributed by atoms with Gasteiger partial charge in [0, 0.05) is 12.0 Å². The number of alkyl halides is 9. The zero-order chi connectivity index (χ0) is 21.6. The minimum absolute atomic E-state index is 0.610. The number of esters is 1. The summed E-state index contributed by atoms with van der Waals surface area (Å²) in [6.45, 7) is 4.38. The van der Waals surface area contributed by atoms with Gasteiger partial charge in [-0.25, -0.2) is 13.2 Å². The Hall–Kier alpha value is -1.51. The number of rotatable bonds is 7. The summed E-state index contributed by atoms with van der Waals surface area (Å²) in [7, 11) is -7.15. The lowest BCUT2D eigenvalue weighted by Crippen LogP contribution is -2.68. The van der Waals surface area contributed by atoms with Crippen LogP contribution in [-0.4, -0.2) is 42.7 Å². The maximum atomic E-state index is 13.7. The lowest BCUT2D eigenvalue weighted by Gasteiger charge is -2.37. The first-order valence-electron chi connectivity index (χ1n) is 6.26. The Kier molecular flexibility index (Phi) is 6.20. The highest BCUT2D eigenvalue weighted by Gasteiger charge is 2.87. The fraction of sp³-hybridized carbons (Fsp3) is 0.727. The number of carbonyl (C=O) groups is 1. The van der Waals surface area contributed by atoms with Gasteiger partial charge in [0.25, 0.3) is 14.9 Å². The van der Waals surface area contributed by atoms with Crippen molar-refractivity contribution in [3.8, 4) is 0 Å². The molecule has 0 rings (SSSR count). The lowest BCUT2D eigenvalue weighted by molar-refractivity contribution is -0.382. The first-order chi connectivity index (χ1) is 11.1. The molecular weight excluding hydrogens is 413 g/mol. The summed E-state index contributed by atoms with van der Waals surface area (Å²) in [6.07, 6.45) is -8.62. The molecule has 0 aromatic carbocycles. The summed E-state index contributed by atoms with van der Waals surface area (Å²) in [5.74, 6) is -16.7. The van der Waals surface area contributed by atoms with Gasteiger partial charge in [-0.05, 0) is 6.92 Å².